The van der Waals surface area contributed by atoms with E-state index < -0.39 is 0 Å². The number of imidazole rings is 1. The van der Waals surface area contributed by atoms with Crippen molar-refractivity contribution < 1.29 is 4.79 Å². The topological polar surface area (TPSA) is 53.4 Å². The number of aromatic nitrogens is 2. The quantitative estimate of drug-likeness (QED) is 0.640. The monoisotopic (exact) mass is 443 g/mol. The second kappa shape index (κ2) is 9.08. The fourth-order valence-corrected chi connectivity index (χ4v) is 3.82. The minimum absolute atomic E-state index is 0.0667. The Bertz CT molecular complexity index is 1030. The summed E-state index contributed by atoms with van der Waals surface area (Å²) in [4.78, 5) is 21.4. The molecular formula is C22H23Cl2N5O. The third-order valence-electron chi connectivity index (χ3n) is 5.16. The van der Waals surface area contributed by atoms with Crippen LogP contribution >= 0.6 is 23.2 Å². The van der Waals surface area contributed by atoms with Gasteiger partial charge in [-0.2, -0.15) is 0 Å². The molecule has 2 aromatic carbocycles. The van der Waals surface area contributed by atoms with Crippen molar-refractivity contribution in [2.24, 2.45) is 0 Å². The van der Waals surface area contributed by atoms with Gasteiger partial charge in [-0.3, -0.25) is 14.3 Å². The number of hydrogen-bond donors (Lipinski definition) is 1. The highest BCUT2D eigenvalue weighted by Gasteiger charge is 2.22. The first-order valence-electron chi connectivity index (χ1n) is 9.82. The highest BCUT2D eigenvalue weighted by molar-refractivity contribution is 6.42. The van der Waals surface area contributed by atoms with Gasteiger partial charge in [0, 0.05) is 49.9 Å². The van der Waals surface area contributed by atoms with E-state index in [1.54, 1.807) is 18.2 Å². The Kier molecular flexibility index (Phi) is 6.27. The summed E-state index contributed by atoms with van der Waals surface area (Å²) >= 11 is 11.9. The van der Waals surface area contributed by atoms with E-state index in [0.717, 1.165) is 37.8 Å². The zero-order valence-corrected chi connectivity index (χ0v) is 18.2. The number of piperazine rings is 1. The third kappa shape index (κ3) is 4.78. The second-order valence-corrected chi connectivity index (χ2v) is 8.19. The predicted octanol–water partition coefficient (Wildman–Crippen LogP) is 4.25. The van der Waals surface area contributed by atoms with Crippen LogP contribution in [0.5, 0.6) is 0 Å². The van der Waals surface area contributed by atoms with Crippen molar-refractivity contribution in [3.63, 3.8) is 0 Å². The van der Waals surface area contributed by atoms with Crippen LogP contribution in [0.15, 0.2) is 54.9 Å². The molecule has 4 rings (SSSR count). The highest BCUT2D eigenvalue weighted by atomic mass is 35.5. The van der Waals surface area contributed by atoms with Gasteiger partial charge in [-0.1, -0.05) is 40.9 Å². The molecule has 6 nitrogen and oxygen atoms in total. The van der Waals surface area contributed by atoms with E-state index in [0.29, 0.717) is 22.3 Å². The summed E-state index contributed by atoms with van der Waals surface area (Å²) in [5, 5.41) is 3.77. The molecule has 0 spiro atoms. The van der Waals surface area contributed by atoms with Crippen molar-refractivity contribution in [2.45, 2.75) is 6.92 Å². The van der Waals surface area contributed by atoms with Gasteiger partial charge in [0.25, 0.3) is 0 Å². The number of carbonyl (C=O) groups is 1. The lowest BCUT2D eigenvalue weighted by atomic mass is 10.2. The van der Waals surface area contributed by atoms with Gasteiger partial charge < -0.3 is 10.2 Å². The maximum Gasteiger partial charge on any atom is 0.238 e. The Hall–Kier alpha value is -2.54. The van der Waals surface area contributed by atoms with Crippen molar-refractivity contribution >= 4 is 40.7 Å². The second-order valence-electron chi connectivity index (χ2n) is 7.37. The Morgan fingerprint density at radius 1 is 1.03 bits per heavy atom. The van der Waals surface area contributed by atoms with Crippen molar-refractivity contribution in [2.75, 3.05) is 42.9 Å². The smallest absolute Gasteiger partial charge is 0.238 e. The van der Waals surface area contributed by atoms with Gasteiger partial charge in [0.05, 0.1) is 16.6 Å². The molecule has 1 saturated heterocycles. The fourth-order valence-electron chi connectivity index (χ4n) is 3.52. The number of halogens is 2. The van der Waals surface area contributed by atoms with Gasteiger partial charge in [-0.05, 0) is 37.3 Å². The number of carbonyl (C=O) groups excluding carboxylic acids is 1. The standard InChI is InChI=1S/C22H23Cl2N5O/c1-16-2-5-18(6-3-16)29-9-8-25-22(29)28-12-10-27(11-13-28)15-21(30)26-17-4-7-19(23)20(24)14-17/h2-9,14H,10-13,15H2,1H3,(H,26,30). The van der Waals surface area contributed by atoms with Gasteiger partial charge in [0.1, 0.15) is 0 Å². The maximum atomic E-state index is 12.4. The van der Waals surface area contributed by atoms with Crippen molar-refractivity contribution in [3.05, 3.63) is 70.5 Å². The zero-order valence-electron chi connectivity index (χ0n) is 16.7. The van der Waals surface area contributed by atoms with Crippen molar-refractivity contribution in [1.29, 1.82) is 0 Å². The molecule has 1 N–H and O–H groups in total. The number of amides is 1. The van der Waals surface area contributed by atoms with Crippen LogP contribution < -0.4 is 10.2 Å². The first-order chi connectivity index (χ1) is 14.5. The number of nitrogens with one attached hydrogen (secondary N) is 1. The van der Waals surface area contributed by atoms with Gasteiger partial charge in [0.2, 0.25) is 11.9 Å². The molecule has 1 fully saturated rings. The molecule has 0 unspecified atom stereocenters. The summed E-state index contributed by atoms with van der Waals surface area (Å²) in [5.74, 6) is 0.863. The molecule has 1 aromatic heterocycles. The van der Waals surface area contributed by atoms with Crippen molar-refractivity contribution in [1.82, 2.24) is 14.5 Å². The van der Waals surface area contributed by atoms with Crippen LogP contribution in [0.4, 0.5) is 11.6 Å². The van der Waals surface area contributed by atoms with E-state index in [4.69, 9.17) is 23.2 Å². The normalized spacial score (nSPS) is 14.7. The molecule has 0 saturated carbocycles. The minimum atomic E-state index is -0.0667. The summed E-state index contributed by atoms with van der Waals surface area (Å²) in [6.07, 6.45) is 3.81. The zero-order chi connectivity index (χ0) is 21.1. The fraction of sp³-hybridized carbons (Fsp3) is 0.273. The van der Waals surface area contributed by atoms with Gasteiger partial charge >= 0.3 is 0 Å². The average molecular weight is 444 g/mol. The van der Waals surface area contributed by atoms with E-state index in [-0.39, 0.29) is 5.91 Å². The highest BCUT2D eigenvalue weighted by Crippen LogP contribution is 2.25. The van der Waals surface area contributed by atoms with Crippen LogP contribution in [0, 0.1) is 6.92 Å². The summed E-state index contributed by atoms with van der Waals surface area (Å²) in [5.41, 5.74) is 2.97. The summed E-state index contributed by atoms with van der Waals surface area (Å²) < 4.78 is 2.10. The lowest BCUT2D eigenvalue weighted by Gasteiger charge is -2.35. The van der Waals surface area contributed by atoms with Crippen LogP contribution in [0.2, 0.25) is 10.0 Å². The SMILES string of the molecule is Cc1ccc(-n2ccnc2N2CCN(CC(=O)Nc3ccc(Cl)c(Cl)c3)CC2)cc1. The van der Waals surface area contributed by atoms with E-state index >= 15 is 0 Å². The predicted molar refractivity (Wildman–Crippen MR) is 122 cm³/mol. The van der Waals surface area contributed by atoms with Crippen LogP contribution in [-0.2, 0) is 4.79 Å². The van der Waals surface area contributed by atoms with E-state index in [1.165, 1.54) is 5.56 Å². The number of rotatable bonds is 5. The van der Waals surface area contributed by atoms with Crippen LogP contribution in [-0.4, -0.2) is 53.1 Å². The number of benzene rings is 2. The van der Waals surface area contributed by atoms with Gasteiger partial charge in [-0.15, -0.1) is 0 Å². The molecule has 1 aliphatic heterocycles. The molecule has 156 valence electrons. The van der Waals surface area contributed by atoms with E-state index in [9.17, 15) is 4.79 Å². The molecule has 0 atom stereocenters. The molecule has 2 heterocycles. The lowest BCUT2D eigenvalue weighted by molar-refractivity contribution is -0.117. The number of hydrogen-bond acceptors (Lipinski definition) is 4. The minimum Gasteiger partial charge on any atom is -0.339 e. The molecule has 3 aromatic rings. The largest absolute Gasteiger partial charge is 0.339 e. The van der Waals surface area contributed by atoms with Crippen LogP contribution in [0.25, 0.3) is 5.69 Å². The first kappa shape index (κ1) is 20.7. The molecule has 0 aliphatic carbocycles. The Labute approximate surface area is 186 Å². The average Bonchev–Trinajstić information content (AvgIpc) is 3.22. The molecular weight excluding hydrogens is 421 g/mol. The van der Waals surface area contributed by atoms with E-state index in [2.05, 4.69) is 55.9 Å². The van der Waals surface area contributed by atoms with E-state index in [1.807, 2.05) is 12.4 Å². The Balaban J connectivity index is 1.33. The summed E-state index contributed by atoms with van der Waals surface area (Å²) in [6.45, 7) is 5.60. The lowest BCUT2D eigenvalue weighted by Crippen LogP contribution is -2.49. The summed E-state index contributed by atoms with van der Waals surface area (Å²) in [7, 11) is 0. The number of aryl methyl sites for hydroxylation is 1. The molecule has 0 radical (unpaired) electrons. The van der Waals surface area contributed by atoms with Gasteiger partial charge in [-0.25, -0.2) is 4.98 Å². The number of nitrogens with zero attached hydrogens (tertiary/aromatic N) is 4. The summed E-state index contributed by atoms with van der Waals surface area (Å²) in [6, 6.07) is 13.5. The third-order valence-corrected chi connectivity index (χ3v) is 5.90. The molecule has 0 bridgehead atoms. The molecule has 1 aliphatic rings. The number of anilines is 2. The Morgan fingerprint density at radius 3 is 2.47 bits per heavy atom. The molecule has 1 amide bonds. The van der Waals surface area contributed by atoms with Gasteiger partial charge in [0.15, 0.2) is 0 Å². The van der Waals surface area contributed by atoms with Crippen LogP contribution in [0.3, 0.4) is 0 Å². The molecule has 8 heteroatoms. The maximum absolute atomic E-state index is 12.4. The first-order valence-corrected chi connectivity index (χ1v) is 10.6. The van der Waals surface area contributed by atoms with Crippen molar-refractivity contribution in [3.8, 4) is 5.69 Å². The molecule has 30 heavy (non-hydrogen) atoms. The van der Waals surface area contributed by atoms with Crippen LogP contribution in [0.1, 0.15) is 5.56 Å². The Morgan fingerprint density at radius 2 is 1.77 bits per heavy atom.